The fraction of sp³-hybridized carbons (Fsp3) is 0.556. The predicted octanol–water partition coefficient (Wildman–Crippen LogP) is 2.23. The summed E-state index contributed by atoms with van der Waals surface area (Å²) in [5.41, 5.74) is 7.41. The summed E-state index contributed by atoms with van der Waals surface area (Å²) in [6.07, 6.45) is 5.06. The summed E-state index contributed by atoms with van der Waals surface area (Å²) >= 11 is 3.38. The molecular formula is C18H23BrN4O2. The highest BCUT2D eigenvalue weighted by molar-refractivity contribution is 9.10. The van der Waals surface area contributed by atoms with Crippen molar-refractivity contribution in [3.05, 3.63) is 28.7 Å². The number of nitrogens with zero attached hydrogens (tertiary/aromatic N) is 1. The molecule has 2 amide bonds. The van der Waals surface area contributed by atoms with Crippen LogP contribution in [0.15, 0.2) is 28.7 Å². The number of hydrazine groups is 1. The zero-order valence-electron chi connectivity index (χ0n) is 14.0. The first-order valence-corrected chi connectivity index (χ1v) is 9.78. The Labute approximate surface area is 155 Å². The fourth-order valence-electron chi connectivity index (χ4n) is 4.28. The second-order valence-electron chi connectivity index (χ2n) is 7.23. The highest BCUT2D eigenvalue weighted by Crippen LogP contribution is 2.34. The maximum absolute atomic E-state index is 12.6. The smallest absolute Gasteiger partial charge is 0.229 e. The SMILES string of the molecule is O=C(Nc1ccc(Br)cc1)C1CC(=O)N(C2NNC3CCCCC32)C1. The van der Waals surface area contributed by atoms with Crippen LogP contribution < -0.4 is 16.2 Å². The molecule has 2 saturated heterocycles. The molecule has 25 heavy (non-hydrogen) atoms. The molecule has 0 spiro atoms. The van der Waals surface area contributed by atoms with Crippen molar-refractivity contribution in [2.45, 2.75) is 44.3 Å². The number of benzene rings is 1. The topological polar surface area (TPSA) is 73.5 Å². The largest absolute Gasteiger partial charge is 0.326 e. The van der Waals surface area contributed by atoms with E-state index in [0.717, 1.165) is 23.0 Å². The molecule has 2 aliphatic heterocycles. The molecule has 1 aromatic rings. The van der Waals surface area contributed by atoms with Gasteiger partial charge in [0, 0.05) is 35.1 Å². The minimum absolute atomic E-state index is 0.0169. The summed E-state index contributed by atoms with van der Waals surface area (Å²) in [5.74, 6) is 0.150. The standard InChI is InChI=1S/C18H23BrN4O2/c19-12-5-7-13(8-6-12)20-18(25)11-9-16(24)23(10-11)17-14-3-1-2-4-15(14)21-22-17/h5-8,11,14-15,17,21-22H,1-4,9-10H2,(H,20,25). The number of hydrogen-bond acceptors (Lipinski definition) is 4. The maximum atomic E-state index is 12.6. The molecule has 1 aliphatic carbocycles. The number of hydrogen-bond donors (Lipinski definition) is 3. The number of nitrogens with one attached hydrogen (secondary N) is 3. The van der Waals surface area contributed by atoms with Gasteiger partial charge in [-0.2, -0.15) is 0 Å². The molecule has 4 rings (SSSR count). The molecular weight excluding hydrogens is 384 g/mol. The summed E-state index contributed by atoms with van der Waals surface area (Å²) in [5, 5.41) is 2.92. The Morgan fingerprint density at radius 1 is 1.16 bits per heavy atom. The van der Waals surface area contributed by atoms with Crippen molar-refractivity contribution in [1.82, 2.24) is 15.8 Å². The van der Waals surface area contributed by atoms with E-state index in [1.54, 1.807) is 0 Å². The van der Waals surface area contributed by atoms with Crippen molar-refractivity contribution in [2.75, 3.05) is 11.9 Å². The first-order chi connectivity index (χ1) is 12.1. The van der Waals surface area contributed by atoms with Crippen molar-refractivity contribution in [3.8, 4) is 0 Å². The van der Waals surface area contributed by atoms with Gasteiger partial charge in [0.1, 0.15) is 0 Å². The Morgan fingerprint density at radius 3 is 2.72 bits per heavy atom. The van der Waals surface area contributed by atoms with Gasteiger partial charge in [0.15, 0.2) is 0 Å². The minimum atomic E-state index is -0.291. The van der Waals surface area contributed by atoms with Crippen LogP contribution in [0.5, 0.6) is 0 Å². The number of carbonyl (C=O) groups is 2. The molecule has 4 unspecified atom stereocenters. The third-order valence-electron chi connectivity index (χ3n) is 5.62. The van der Waals surface area contributed by atoms with Gasteiger partial charge in [-0.15, -0.1) is 0 Å². The lowest BCUT2D eigenvalue weighted by molar-refractivity contribution is -0.131. The molecule has 6 nitrogen and oxygen atoms in total. The third-order valence-corrected chi connectivity index (χ3v) is 6.15. The second kappa shape index (κ2) is 7.05. The maximum Gasteiger partial charge on any atom is 0.229 e. The molecule has 134 valence electrons. The van der Waals surface area contributed by atoms with Crippen molar-refractivity contribution in [2.24, 2.45) is 11.8 Å². The summed E-state index contributed by atoms with van der Waals surface area (Å²) in [4.78, 5) is 26.9. The molecule has 1 aromatic carbocycles. The highest BCUT2D eigenvalue weighted by atomic mass is 79.9. The van der Waals surface area contributed by atoms with E-state index in [0.29, 0.717) is 18.5 Å². The summed E-state index contributed by atoms with van der Waals surface area (Å²) in [6, 6.07) is 7.93. The number of anilines is 1. The third kappa shape index (κ3) is 3.45. The van der Waals surface area contributed by atoms with Crippen molar-refractivity contribution < 1.29 is 9.59 Å². The molecule has 2 heterocycles. The van der Waals surface area contributed by atoms with E-state index in [2.05, 4.69) is 32.1 Å². The number of rotatable bonds is 3. The lowest BCUT2D eigenvalue weighted by Crippen LogP contribution is -2.48. The highest BCUT2D eigenvalue weighted by Gasteiger charge is 2.46. The summed E-state index contributed by atoms with van der Waals surface area (Å²) in [7, 11) is 0. The van der Waals surface area contributed by atoms with Gasteiger partial charge < -0.3 is 10.2 Å². The fourth-order valence-corrected chi connectivity index (χ4v) is 4.54. The van der Waals surface area contributed by atoms with Gasteiger partial charge >= 0.3 is 0 Å². The zero-order chi connectivity index (χ0) is 17.4. The van der Waals surface area contributed by atoms with Crippen LogP contribution in [-0.4, -0.2) is 35.5 Å². The zero-order valence-corrected chi connectivity index (χ0v) is 15.6. The van der Waals surface area contributed by atoms with E-state index < -0.39 is 0 Å². The normalized spacial score (nSPS) is 31.9. The lowest BCUT2D eigenvalue weighted by atomic mass is 9.84. The van der Waals surface area contributed by atoms with Crippen LogP contribution in [0.25, 0.3) is 0 Å². The number of halogens is 1. The molecule has 3 N–H and O–H groups in total. The summed E-state index contributed by atoms with van der Waals surface area (Å²) in [6.45, 7) is 0.490. The molecule has 1 saturated carbocycles. The molecule has 3 aliphatic rings. The van der Waals surface area contributed by atoms with Crippen LogP contribution in [0.2, 0.25) is 0 Å². The minimum Gasteiger partial charge on any atom is -0.326 e. The molecule has 0 bridgehead atoms. The Bertz CT molecular complexity index is 666. The number of carbonyl (C=O) groups excluding carboxylic acids is 2. The van der Waals surface area contributed by atoms with Gasteiger partial charge in [-0.05, 0) is 37.1 Å². The number of likely N-dealkylation sites (tertiary alicyclic amines) is 1. The average molecular weight is 407 g/mol. The van der Waals surface area contributed by atoms with Crippen LogP contribution >= 0.6 is 15.9 Å². The van der Waals surface area contributed by atoms with Crippen LogP contribution in [-0.2, 0) is 9.59 Å². The van der Waals surface area contributed by atoms with Crippen LogP contribution in [0.3, 0.4) is 0 Å². The first-order valence-electron chi connectivity index (χ1n) is 8.99. The van der Waals surface area contributed by atoms with E-state index in [4.69, 9.17) is 0 Å². The Morgan fingerprint density at radius 2 is 1.92 bits per heavy atom. The average Bonchev–Trinajstić information content (AvgIpc) is 3.20. The van der Waals surface area contributed by atoms with Crippen molar-refractivity contribution >= 4 is 33.4 Å². The van der Waals surface area contributed by atoms with E-state index in [1.165, 1.54) is 12.8 Å². The van der Waals surface area contributed by atoms with Crippen LogP contribution in [0.1, 0.15) is 32.1 Å². The molecule has 3 fully saturated rings. The number of amides is 2. The van der Waals surface area contributed by atoms with Gasteiger partial charge in [-0.25, -0.2) is 5.43 Å². The van der Waals surface area contributed by atoms with Crippen LogP contribution in [0.4, 0.5) is 5.69 Å². The quantitative estimate of drug-likeness (QED) is 0.719. The molecule has 7 heteroatoms. The Kier molecular flexibility index (Phi) is 4.80. The molecule has 4 atom stereocenters. The first kappa shape index (κ1) is 17.0. The van der Waals surface area contributed by atoms with Gasteiger partial charge in [-0.3, -0.25) is 15.0 Å². The van der Waals surface area contributed by atoms with Gasteiger partial charge in [0.25, 0.3) is 0 Å². The van der Waals surface area contributed by atoms with Crippen molar-refractivity contribution in [1.29, 1.82) is 0 Å². The van der Waals surface area contributed by atoms with Gasteiger partial charge in [0.05, 0.1) is 12.1 Å². The molecule has 0 aromatic heterocycles. The van der Waals surface area contributed by atoms with E-state index in [9.17, 15) is 9.59 Å². The lowest BCUT2D eigenvalue weighted by Gasteiger charge is -2.32. The van der Waals surface area contributed by atoms with Crippen molar-refractivity contribution in [3.63, 3.8) is 0 Å². The van der Waals surface area contributed by atoms with Gasteiger partial charge in [0.2, 0.25) is 11.8 Å². The Hall–Kier alpha value is -1.44. The predicted molar refractivity (Wildman–Crippen MR) is 98.4 cm³/mol. The Balaban J connectivity index is 1.40. The van der Waals surface area contributed by atoms with E-state index in [-0.39, 0.29) is 30.3 Å². The van der Waals surface area contributed by atoms with E-state index in [1.807, 2.05) is 29.2 Å². The summed E-state index contributed by atoms with van der Waals surface area (Å²) < 4.78 is 0.967. The number of fused-ring (bicyclic) bond motifs is 1. The molecule has 0 radical (unpaired) electrons. The second-order valence-corrected chi connectivity index (χ2v) is 8.15. The van der Waals surface area contributed by atoms with Gasteiger partial charge in [-0.1, -0.05) is 28.8 Å². The monoisotopic (exact) mass is 406 g/mol. The van der Waals surface area contributed by atoms with Crippen LogP contribution in [0, 0.1) is 11.8 Å². The van der Waals surface area contributed by atoms with E-state index >= 15 is 0 Å².